The number of amides is 2. The van der Waals surface area contributed by atoms with Crippen molar-refractivity contribution in [1.82, 2.24) is 5.32 Å². The van der Waals surface area contributed by atoms with Crippen LogP contribution in [0.15, 0.2) is 63.7 Å². The van der Waals surface area contributed by atoms with E-state index in [9.17, 15) is 9.59 Å². The van der Waals surface area contributed by atoms with Gasteiger partial charge in [-0.2, -0.15) is 5.10 Å². The Bertz CT molecular complexity index is 1140. The molecule has 0 aromatic heterocycles. The number of halogens is 1. The minimum atomic E-state index is -0.595. The molecule has 2 aromatic rings. The second-order valence-electron chi connectivity index (χ2n) is 7.09. The lowest BCUT2D eigenvalue weighted by Crippen LogP contribution is -2.28. The average molecular weight is 561 g/mol. The molecule has 0 saturated carbocycles. The summed E-state index contributed by atoms with van der Waals surface area (Å²) in [5.41, 5.74) is 1.34. The third kappa shape index (κ3) is 7.59. The van der Waals surface area contributed by atoms with Crippen molar-refractivity contribution in [3.63, 3.8) is 0 Å². The third-order valence-corrected chi connectivity index (χ3v) is 6.21. The van der Waals surface area contributed by atoms with Gasteiger partial charge in [0.05, 0.1) is 24.4 Å². The number of nitrogens with zero attached hydrogens (tertiary/aromatic N) is 2. The molecule has 0 spiro atoms. The molecule has 1 atom stereocenters. The Balaban J connectivity index is 1.60. The van der Waals surface area contributed by atoms with Crippen LogP contribution in [0.5, 0.6) is 17.2 Å². The molecular formula is C24H25BrN4O5S. The monoisotopic (exact) mass is 560 g/mol. The van der Waals surface area contributed by atoms with Gasteiger partial charge in [0.15, 0.2) is 16.7 Å². The zero-order chi connectivity index (χ0) is 25.2. The van der Waals surface area contributed by atoms with Crippen molar-refractivity contribution in [2.24, 2.45) is 10.2 Å². The van der Waals surface area contributed by atoms with Gasteiger partial charge in [-0.25, -0.2) is 0 Å². The van der Waals surface area contributed by atoms with Gasteiger partial charge in [0.25, 0.3) is 0 Å². The Kier molecular flexibility index (Phi) is 9.74. The van der Waals surface area contributed by atoms with Crippen LogP contribution in [0.25, 0.3) is 0 Å². The van der Waals surface area contributed by atoms with Crippen LogP contribution in [-0.2, 0) is 9.59 Å². The van der Waals surface area contributed by atoms with Crippen LogP contribution < -0.4 is 24.8 Å². The predicted molar refractivity (Wildman–Crippen MR) is 142 cm³/mol. The number of ether oxygens (including phenoxy) is 3. The second-order valence-corrected chi connectivity index (χ2v) is 9.13. The number of hydrogen-bond donors (Lipinski definition) is 2. The Hall–Kier alpha value is -3.31. The lowest BCUT2D eigenvalue weighted by molar-refractivity contribution is -0.122. The summed E-state index contributed by atoms with van der Waals surface area (Å²) in [7, 11) is 1.57. The maximum Gasteiger partial charge on any atom is 0.240 e. The van der Waals surface area contributed by atoms with Gasteiger partial charge >= 0.3 is 0 Å². The summed E-state index contributed by atoms with van der Waals surface area (Å²) in [5, 5.41) is 13.3. The van der Waals surface area contributed by atoms with Crippen LogP contribution in [0.4, 0.5) is 5.69 Å². The number of carbonyl (C=O) groups is 2. The van der Waals surface area contributed by atoms with E-state index in [0.717, 1.165) is 17.3 Å². The van der Waals surface area contributed by atoms with Crippen molar-refractivity contribution < 1.29 is 23.8 Å². The molecule has 1 aliphatic rings. The number of benzene rings is 2. The Morgan fingerprint density at radius 2 is 2.06 bits per heavy atom. The van der Waals surface area contributed by atoms with Crippen molar-refractivity contribution in [1.29, 1.82) is 0 Å². The number of nitrogens with one attached hydrogen (secondary N) is 2. The lowest BCUT2D eigenvalue weighted by Gasteiger charge is -2.13. The van der Waals surface area contributed by atoms with Gasteiger partial charge in [-0.05, 0) is 64.8 Å². The van der Waals surface area contributed by atoms with Crippen molar-refractivity contribution in [3.05, 3.63) is 59.1 Å². The highest BCUT2D eigenvalue weighted by molar-refractivity contribution is 9.10. The first-order valence-corrected chi connectivity index (χ1v) is 12.3. The topological polar surface area (TPSA) is 111 Å². The van der Waals surface area contributed by atoms with Gasteiger partial charge in [0, 0.05) is 12.1 Å². The first-order valence-electron chi connectivity index (χ1n) is 10.7. The van der Waals surface area contributed by atoms with Crippen LogP contribution >= 0.6 is 27.7 Å². The van der Waals surface area contributed by atoms with Crippen molar-refractivity contribution in [3.8, 4) is 17.2 Å². The zero-order valence-electron chi connectivity index (χ0n) is 19.2. The van der Waals surface area contributed by atoms with E-state index in [1.807, 2.05) is 13.0 Å². The number of methoxy groups -OCH3 is 1. The quantitative estimate of drug-likeness (QED) is 0.240. The van der Waals surface area contributed by atoms with Crippen LogP contribution in [0, 0.1) is 0 Å². The molecule has 0 bridgehead atoms. The van der Waals surface area contributed by atoms with Crippen LogP contribution in [0.3, 0.4) is 0 Å². The molecule has 0 unspecified atom stereocenters. The summed E-state index contributed by atoms with van der Waals surface area (Å²) >= 11 is 4.64. The first kappa shape index (κ1) is 26.3. The Morgan fingerprint density at radius 1 is 1.29 bits per heavy atom. The molecule has 9 nitrogen and oxygen atoms in total. The summed E-state index contributed by atoms with van der Waals surface area (Å²) in [5.74, 6) is 1.25. The van der Waals surface area contributed by atoms with E-state index in [4.69, 9.17) is 14.2 Å². The minimum absolute atomic E-state index is 0.00208. The maximum atomic E-state index is 12.3. The molecule has 35 heavy (non-hydrogen) atoms. The molecule has 2 amide bonds. The standard InChI is InChI=1S/C24H25BrN4O5S/c1-4-10-34-22-18(25)11-15(12-19(22)33-5-2)14-26-29-24-28-23(31)20(35-24)13-21(30)27-16-6-8-17(32-3)9-7-16/h4,6-9,11-12,14,20H,1,5,10,13H2,2-3H3,(H,27,30)(H,28,29,31)/b26-14-/t20-/m1/s1. The number of carbonyl (C=O) groups excluding carboxylic acids is 2. The van der Waals surface area contributed by atoms with Gasteiger partial charge in [0.2, 0.25) is 11.8 Å². The van der Waals surface area contributed by atoms with Crippen molar-refractivity contribution in [2.45, 2.75) is 18.6 Å². The van der Waals surface area contributed by atoms with Gasteiger partial charge in [-0.1, -0.05) is 24.4 Å². The largest absolute Gasteiger partial charge is 0.497 e. The summed E-state index contributed by atoms with van der Waals surface area (Å²) in [6.45, 7) is 6.34. The van der Waals surface area contributed by atoms with Gasteiger partial charge < -0.3 is 24.8 Å². The SMILES string of the molecule is C=CCOc1c(Br)cc(/C=N\N=C2\NC(=O)[C@@H](CC(=O)Nc3ccc(OC)cc3)S2)cc1OCC. The molecule has 2 aromatic carbocycles. The summed E-state index contributed by atoms with van der Waals surface area (Å²) in [4.78, 5) is 24.6. The third-order valence-electron chi connectivity index (χ3n) is 4.55. The minimum Gasteiger partial charge on any atom is -0.497 e. The number of hydrogen-bond acceptors (Lipinski definition) is 8. The number of amidine groups is 1. The van der Waals surface area contributed by atoms with Gasteiger partial charge in [-0.3, -0.25) is 9.59 Å². The van der Waals surface area contributed by atoms with Crippen LogP contribution in [0.2, 0.25) is 0 Å². The summed E-state index contributed by atoms with van der Waals surface area (Å²) < 4.78 is 17.1. The normalized spacial score (nSPS) is 16.3. The molecule has 1 fully saturated rings. The molecule has 2 N–H and O–H groups in total. The second kappa shape index (κ2) is 13.0. The fourth-order valence-corrected chi connectivity index (χ4v) is 4.50. The summed E-state index contributed by atoms with van der Waals surface area (Å²) in [6.07, 6.45) is 3.19. The Labute approximate surface area is 216 Å². The van der Waals surface area contributed by atoms with Gasteiger partial charge in [-0.15, -0.1) is 5.10 Å². The van der Waals surface area contributed by atoms with Crippen LogP contribution in [0.1, 0.15) is 18.9 Å². The van der Waals surface area contributed by atoms with E-state index in [1.54, 1.807) is 43.5 Å². The molecule has 3 rings (SSSR count). The highest BCUT2D eigenvalue weighted by Crippen LogP contribution is 2.36. The first-order chi connectivity index (χ1) is 16.9. The fourth-order valence-electron chi connectivity index (χ4n) is 3.00. The van der Waals surface area contributed by atoms with Crippen LogP contribution in [-0.4, -0.2) is 48.8 Å². The maximum absolute atomic E-state index is 12.3. The van der Waals surface area contributed by atoms with E-state index < -0.39 is 5.25 Å². The van der Waals surface area contributed by atoms with E-state index in [2.05, 4.69) is 43.3 Å². The molecular weight excluding hydrogens is 536 g/mol. The highest BCUT2D eigenvalue weighted by Gasteiger charge is 2.32. The van der Waals surface area contributed by atoms with Crippen molar-refractivity contribution >= 4 is 56.6 Å². The molecule has 0 radical (unpaired) electrons. The highest BCUT2D eigenvalue weighted by atomic mass is 79.9. The number of thioether (sulfide) groups is 1. The zero-order valence-corrected chi connectivity index (χ0v) is 21.6. The Morgan fingerprint density at radius 3 is 2.74 bits per heavy atom. The van der Waals surface area contributed by atoms with Crippen molar-refractivity contribution in [2.75, 3.05) is 25.6 Å². The summed E-state index contributed by atoms with van der Waals surface area (Å²) in [6, 6.07) is 10.5. The van der Waals surface area contributed by atoms with E-state index >= 15 is 0 Å². The fraction of sp³-hybridized carbons (Fsp3) is 0.250. The average Bonchev–Trinajstić information content (AvgIpc) is 3.17. The molecule has 184 valence electrons. The van der Waals surface area contributed by atoms with E-state index in [0.29, 0.717) is 45.8 Å². The molecule has 1 heterocycles. The molecule has 0 aliphatic carbocycles. The molecule has 11 heteroatoms. The lowest BCUT2D eigenvalue weighted by atomic mass is 10.2. The molecule has 1 saturated heterocycles. The smallest absolute Gasteiger partial charge is 0.240 e. The van der Waals surface area contributed by atoms with E-state index in [-0.39, 0.29) is 18.2 Å². The van der Waals surface area contributed by atoms with Gasteiger partial charge in [0.1, 0.15) is 17.6 Å². The molecule has 1 aliphatic heterocycles. The number of anilines is 1. The number of rotatable bonds is 11. The van der Waals surface area contributed by atoms with E-state index in [1.165, 1.54) is 6.21 Å². The predicted octanol–water partition coefficient (Wildman–Crippen LogP) is 4.37.